The Morgan fingerprint density at radius 3 is 2.65 bits per heavy atom. The fourth-order valence-corrected chi connectivity index (χ4v) is 3.75. The minimum atomic E-state index is 0.0243. The van der Waals surface area contributed by atoms with E-state index in [1.165, 1.54) is 0 Å². The van der Waals surface area contributed by atoms with E-state index in [1.807, 2.05) is 20.9 Å². The molecule has 1 aromatic heterocycles. The molecule has 26 heavy (non-hydrogen) atoms. The summed E-state index contributed by atoms with van der Waals surface area (Å²) >= 11 is 12.4. The predicted octanol–water partition coefficient (Wildman–Crippen LogP) is 5.20. The number of benzene rings is 1. The number of ether oxygens (including phenoxy) is 1. The lowest BCUT2D eigenvalue weighted by atomic mass is 9.98. The van der Waals surface area contributed by atoms with Crippen molar-refractivity contribution in [1.29, 1.82) is 0 Å². The van der Waals surface area contributed by atoms with Gasteiger partial charge in [-0.1, -0.05) is 37.6 Å². The van der Waals surface area contributed by atoms with E-state index in [1.54, 1.807) is 35.6 Å². The topological polar surface area (TPSA) is 55.4 Å². The van der Waals surface area contributed by atoms with E-state index >= 15 is 0 Å². The van der Waals surface area contributed by atoms with Gasteiger partial charge in [0, 0.05) is 22.5 Å². The molecule has 3 rings (SSSR count). The first kappa shape index (κ1) is 22.6. The molecule has 0 atom stereocenters. The number of nitrogens with one attached hydrogen (secondary N) is 1. The maximum atomic E-state index is 12.8. The number of ketones is 1. The molecule has 0 unspecified atom stereocenters. The zero-order valence-corrected chi connectivity index (χ0v) is 17.4. The molecular weight excluding hydrogens is 393 g/mol. The Morgan fingerprint density at radius 2 is 2.08 bits per heavy atom. The molecule has 0 saturated carbocycles. The van der Waals surface area contributed by atoms with Gasteiger partial charge in [0.05, 0.1) is 29.7 Å². The highest BCUT2D eigenvalue weighted by Gasteiger charge is 2.26. The Morgan fingerprint density at radius 1 is 1.38 bits per heavy atom. The molecule has 0 fully saturated rings. The van der Waals surface area contributed by atoms with Crippen LogP contribution in [0.15, 0.2) is 24.3 Å². The number of hydrogen-bond acceptors (Lipinski definition) is 5. The fourth-order valence-electron chi connectivity index (χ4n) is 2.42. The molecule has 0 radical (unpaired) electrons. The quantitative estimate of drug-likeness (QED) is 0.423. The highest BCUT2D eigenvalue weighted by Crippen LogP contribution is 2.37. The van der Waals surface area contributed by atoms with Gasteiger partial charge in [0.25, 0.3) is 0 Å². The molecular formula is C19H23Cl2NO3S. The molecule has 1 aliphatic heterocycles. The van der Waals surface area contributed by atoms with Crippen molar-refractivity contribution >= 4 is 51.6 Å². The van der Waals surface area contributed by atoms with Gasteiger partial charge >= 0.3 is 0 Å². The van der Waals surface area contributed by atoms with Crippen LogP contribution in [0.2, 0.25) is 5.02 Å². The standard InChI is InChI=1S/C15H14ClNO2S.C2H3ClO.C2H6/c1-17-15-13(11-5-6-19-8-12(11)20-15)14(18)9-3-2-4-10(16)7-9;3-1-2-4;1-2/h2-4,7,17H,5-6,8H2,1H3;2H,1H2;1-2H3. The van der Waals surface area contributed by atoms with E-state index in [4.69, 9.17) is 32.7 Å². The first-order chi connectivity index (χ1) is 12.6. The predicted molar refractivity (Wildman–Crippen MR) is 110 cm³/mol. The lowest BCUT2D eigenvalue weighted by Gasteiger charge is -2.13. The lowest BCUT2D eigenvalue weighted by molar-refractivity contribution is -0.105. The number of aldehydes is 1. The maximum Gasteiger partial charge on any atom is 0.196 e. The van der Waals surface area contributed by atoms with Gasteiger partial charge in [-0.2, -0.15) is 0 Å². The summed E-state index contributed by atoms with van der Waals surface area (Å²) in [5.74, 6) is 0.135. The Hall–Kier alpha value is -1.40. The third-order valence-electron chi connectivity index (χ3n) is 3.42. The molecule has 0 spiro atoms. The number of anilines is 1. The number of hydrogen-bond donors (Lipinski definition) is 1. The van der Waals surface area contributed by atoms with Crippen molar-refractivity contribution in [2.24, 2.45) is 0 Å². The van der Waals surface area contributed by atoms with E-state index in [9.17, 15) is 4.79 Å². The molecule has 2 aromatic rings. The van der Waals surface area contributed by atoms with Crippen LogP contribution in [0.5, 0.6) is 0 Å². The second-order valence-electron chi connectivity index (χ2n) is 4.92. The summed E-state index contributed by atoms with van der Waals surface area (Å²) in [4.78, 5) is 23.0. The van der Waals surface area contributed by atoms with Gasteiger partial charge in [-0.05, 0) is 24.1 Å². The Labute approximate surface area is 168 Å². The van der Waals surface area contributed by atoms with Gasteiger partial charge in [-0.25, -0.2) is 0 Å². The largest absolute Gasteiger partial charge is 0.379 e. The number of alkyl halides is 1. The molecule has 0 aliphatic carbocycles. The van der Waals surface area contributed by atoms with Gasteiger partial charge in [0.1, 0.15) is 6.29 Å². The van der Waals surface area contributed by atoms with Crippen LogP contribution in [0, 0.1) is 0 Å². The van der Waals surface area contributed by atoms with Gasteiger partial charge in [0.2, 0.25) is 0 Å². The highest BCUT2D eigenvalue weighted by atomic mass is 35.5. The summed E-state index contributed by atoms with van der Waals surface area (Å²) in [5, 5.41) is 4.61. The average molecular weight is 416 g/mol. The van der Waals surface area contributed by atoms with Crippen LogP contribution in [0.1, 0.15) is 40.2 Å². The van der Waals surface area contributed by atoms with E-state index in [0.717, 1.165) is 27.4 Å². The number of thiophene rings is 1. The first-order valence-corrected chi connectivity index (χ1v) is 10.0. The zero-order chi connectivity index (χ0) is 19.5. The molecule has 0 saturated heterocycles. The van der Waals surface area contributed by atoms with Crippen LogP contribution in [-0.4, -0.2) is 31.6 Å². The van der Waals surface area contributed by atoms with Crippen molar-refractivity contribution < 1.29 is 14.3 Å². The summed E-state index contributed by atoms with van der Waals surface area (Å²) < 4.78 is 5.46. The number of carbonyl (C=O) groups excluding carboxylic acids is 2. The Bertz CT molecular complexity index is 732. The summed E-state index contributed by atoms with van der Waals surface area (Å²) in [7, 11) is 1.84. The van der Waals surface area contributed by atoms with Gasteiger partial charge in [0.15, 0.2) is 5.78 Å². The second-order valence-corrected chi connectivity index (χ2v) is 6.77. The number of halogens is 2. The van der Waals surface area contributed by atoms with Crippen molar-refractivity contribution in [3.63, 3.8) is 0 Å². The van der Waals surface area contributed by atoms with Crippen LogP contribution < -0.4 is 5.32 Å². The summed E-state index contributed by atoms with van der Waals surface area (Å²) in [5.41, 5.74) is 2.52. The molecule has 142 valence electrons. The second kappa shape index (κ2) is 12.1. The van der Waals surface area contributed by atoms with Crippen LogP contribution >= 0.6 is 34.5 Å². The molecule has 0 bridgehead atoms. The minimum Gasteiger partial charge on any atom is -0.379 e. The summed E-state index contributed by atoms with van der Waals surface area (Å²) in [6.45, 7) is 5.26. The van der Waals surface area contributed by atoms with Gasteiger partial charge in [-0.15, -0.1) is 22.9 Å². The molecule has 0 amide bonds. The molecule has 1 aliphatic rings. The van der Waals surface area contributed by atoms with Crippen molar-refractivity contribution in [1.82, 2.24) is 0 Å². The minimum absolute atomic E-state index is 0.0243. The van der Waals surface area contributed by atoms with Crippen LogP contribution in [0.4, 0.5) is 5.00 Å². The number of carbonyl (C=O) groups is 2. The van der Waals surface area contributed by atoms with Gasteiger partial charge in [-0.3, -0.25) is 4.79 Å². The van der Waals surface area contributed by atoms with Crippen LogP contribution in [-0.2, 0) is 22.6 Å². The normalized spacial score (nSPS) is 11.9. The highest BCUT2D eigenvalue weighted by molar-refractivity contribution is 7.16. The molecule has 1 N–H and O–H groups in total. The SMILES string of the molecule is CC.CNc1sc2c(c1C(=O)c1cccc(Cl)c1)CCOC2.O=CCCl. The van der Waals surface area contributed by atoms with E-state index < -0.39 is 0 Å². The third kappa shape index (κ3) is 5.81. The number of fused-ring (bicyclic) bond motifs is 1. The van der Waals surface area contributed by atoms with Gasteiger partial charge < -0.3 is 14.8 Å². The smallest absolute Gasteiger partial charge is 0.196 e. The zero-order valence-electron chi connectivity index (χ0n) is 15.1. The molecule has 2 heterocycles. The average Bonchev–Trinajstić information content (AvgIpc) is 3.07. The van der Waals surface area contributed by atoms with Crippen molar-refractivity contribution in [2.45, 2.75) is 26.9 Å². The Balaban J connectivity index is 0.000000500. The third-order valence-corrected chi connectivity index (χ3v) is 5.01. The molecule has 4 nitrogen and oxygen atoms in total. The van der Waals surface area contributed by atoms with E-state index in [-0.39, 0.29) is 11.7 Å². The van der Waals surface area contributed by atoms with Crippen LogP contribution in [0.25, 0.3) is 0 Å². The first-order valence-electron chi connectivity index (χ1n) is 8.32. The summed E-state index contributed by atoms with van der Waals surface area (Å²) in [6, 6.07) is 7.09. The monoisotopic (exact) mass is 415 g/mol. The Kier molecular flexibility index (Phi) is 10.5. The summed E-state index contributed by atoms with van der Waals surface area (Å²) in [6.07, 6.45) is 1.43. The van der Waals surface area contributed by atoms with E-state index in [0.29, 0.717) is 30.1 Å². The maximum absolute atomic E-state index is 12.8. The molecule has 1 aromatic carbocycles. The van der Waals surface area contributed by atoms with Crippen molar-refractivity contribution in [3.05, 3.63) is 50.9 Å². The van der Waals surface area contributed by atoms with Crippen molar-refractivity contribution in [3.8, 4) is 0 Å². The number of rotatable bonds is 4. The van der Waals surface area contributed by atoms with E-state index in [2.05, 4.69) is 5.32 Å². The fraction of sp³-hybridized carbons (Fsp3) is 0.368. The van der Waals surface area contributed by atoms with Crippen molar-refractivity contribution in [2.75, 3.05) is 24.9 Å². The van der Waals surface area contributed by atoms with Crippen LogP contribution in [0.3, 0.4) is 0 Å². The lowest BCUT2D eigenvalue weighted by Crippen LogP contribution is -2.12. The molecule has 7 heteroatoms.